The number of hydrogen-bond acceptors (Lipinski definition) is 5. The standard InChI is InChI=1S/C11H19N5O2/c1-3-15-11(10(16(17)18)8(2)13-15)14-6-4-5-9(12)7-14/h9H,3-7,12H2,1-2H3. The van der Waals surface area contributed by atoms with Crippen LogP contribution in [0.2, 0.25) is 0 Å². The summed E-state index contributed by atoms with van der Waals surface area (Å²) in [7, 11) is 0. The Bertz CT molecular complexity index is 457. The first-order chi connectivity index (χ1) is 8.54. The molecule has 1 atom stereocenters. The number of hydrogen-bond donors (Lipinski definition) is 1. The average Bonchev–Trinajstić information content (AvgIpc) is 2.66. The minimum atomic E-state index is -0.343. The summed E-state index contributed by atoms with van der Waals surface area (Å²) in [5.41, 5.74) is 6.53. The van der Waals surface area contributed by atoms with Crippen LogP contribution in [0.25, 0.3) is 0 Å². The Hall–Kier alpha value is -1.63. The van der Waals surface area contributed by atoms with E-state index in [4.69, 9.17) is 5.73 Å². The first-order valence-corrected chi connectivity index (χ1v) is 6.27. The molecule has 0 aromatic carbocycles. The maximum Gasteiger partial charge on any atom is 0.333 e. The van der Waals surface area contributed by atoms with Crippen LogP contribution in [0, 0.1) is 17.0 Å². The van der Waals surface area contributed by atoms with E-state index in [1.165, 1.54) is 0 Å². The Labute approximate surface area is 106 Å². The van der Waals surface area contributed by atoms with Crippen molar-refractivity contribution in [2.45, 2.75) is 39.3 Å². The van der Waals surface area contributed by atoms with Crippen LogP contribution in [0.15, 0.2) is 0 Å². The van der Waals surface area contributed by atoms with Gasteiger partial charge in [0.25, 0.3) is 0 Å². The molecule has 18 heavy (non-hydrogen) atoms. The van der Waals surface area contributed by atoms with Gasteiger partial charge in [-0.05, 0) is 26.7 Å². The summed E-state index contributed by atoms with van der Waals surface area (Å²) in [6.07, 6.45) is 1.94. The molecule has 2 rings (SSSR count). The Morgan fingerprint density at radius 2 is 2.33 bits per heavy atom. The minimum absolute atomic E-state index is 0.0823. The summed E-state index contributed by atoms with van der Waals surface area (Å²) >= 11 is 0. The number of nitro groups is 1. The van der Waals surface area contributed by atoms with Gasteiger partial charge in [-0.3, -0.25) is 10.1 Å². The molecule has 0 saturated carbocycles. The highest BCUT2D eigenvalue weighted by atomic mass is 16.6. The largest absolute Gasteiger partial charge is 0.350 e. The zero-order chi connectivity index (χ0) is 13.3. The Morgan fingerprint density at radius 3 is 2.89 bits per heavy atom. The van der Waals surface area contributed by atoms with Gasteiger partial charge in [0.1, 0.15) is 5.69 Å². The third-order valence-electron chi connectivity index (χ3n) is 3.31. The van der Waals surface area contributed by atoms with Crippen LogP contribution in [0.5, 0.6) is 0 Å². The zero-order valence-corrected chi connectivity index (χ0v) is 10.8. The Kier molecular flexibility index (Phi) is 3.51. The van der Waals surface area contributed by atoms with Crippen LogP contribution < -0.4 is 10.6 Å². The fourth-order valence-corrected chi connectivity index (χ4v) is 2.51. The number of aromatic nitrogens is 2. The highest BCUT2D eigenvalue weighted by Gasteiger charge is 2.31. The van der Waals surface area contributed by atoms with E-state index in [2.05, 4.69) is 5.10 Å². The van der Waals surface area contributed by atoms with E-state index in [0.717, 1.165) is 19.4 Å². The number of rotatable bonds is 3. The molecule has 1 aliphatic rings. The van der Waals surface area contributed by atoms with Crippen LogP contribution in [0.4, 0.5) is 11.5 Å². The molecule has 7 nitrogen and oxygen atoms in total. The molecule has 1 aromatic rings. The number of nitrogens with two attached hydrogens (primary N) is 1. The molecule has 0 bridgehead atoms. The molecule has 7 heteroatoms. The van der Waals surface area contributed by atoms with Gasteiger partial charge in [-0.2, -0.15) is 5.10 Å². The van der Waals surface area contributed by atoms with E-state index < -0.39 is 0 Å². The Morgan fingerprint density at radius 1 is 1.61 bits per heavy atom. The second-order valence-corrected chi connectivity index (χ2v) is 4.68. The highest BCUT2D eigenvalue weighted by Crippen LogP contribution is 2.33. The van der Waals surface area contributed by atoms with Crippen LogP contribution in [-0.4, -0.2) is 33.8 Å². The van der Waals surface area contributed by atoms with Gasteiger partial charge in [0.05, 0.1) is 4.92 Å². The maximum absolute atomic E-state index is 11.2. The van der Waals surface area contributed by atoms with Crippen molar-refractivity contribution in [2.75, 3.05) is 18.0 Å². The quantitative estimate of drug-likeness (QED) is 0.642. The number of aryl methyl sites for hydroxylation is 2. The van der Waals surface area contributed by atoms with Crippen molar-refractivity contribution in [3.8, 4) is 0 Å². The molecule has 0 aliphatic carbocycles. The second-order valence-electron chi connectivity index (χ2n) is 4.68. The van der Waals surface area contributed by atoms with Crippen molar-refractivity contribution < 1.29 is 4.92 Å². The van der Waals surface area contributed by atoms with Gasteiger partial charge in [-0.1, -0.05) is 0 Å². The normalized spacial score (nSPS) is 20.2. The molecular formula is C11H19N5O2. The fraction of sp³-hybridized carbons (Fsp3) is 0.727. The third-order valence-corrected chi connectivity index (χ3v) is 3.31. The molecule has 0 spiro atoms. The van der Waals surface area contributed by atoms with Gasteiger partial charge >= 0.3 is 5.69 Å². The predicted octanol–water partition coefficient (Wildman–Crippen LogP) is 1.05. The zero-order valence-electron chi connectivity index (χ0n) is 10.8. The molecule has 0 radical (unpaired) electrons. The molecule has 2 N–H and O–H groups in total. The topological polar surface area (TPSA) is 90.2 Å². The van der Waals surface area contributed by atoms with Crippen molar-refractivity contribution in [1.29, 1.82) is 0 Å². The first kappa shape index (κ1) is 12.8. The smallest absolute Gasteiger partial charge is 0.333 e. The van der Waals surface area contributed by atoms with Crippen molar-refractivity contribution in [2.24, 2.45) is 5.73 Å². The summed E-state index contributed by atoms with van der Waals surface area (Å²) in [6, 6.07) is 0.0823. The van der Waals surface area contributed by atoms with Crippen LogP contribution in [-0.2, 0) is 6.54 Å². The molecule has 1 aromatic heterocycles. The lowest BCUT2D eigenvalue weighted by molar-refractivity contribution is -0.384. The lowest BCUT2D eigenvalue weighted by atomic mass is 10.1. The fourth-order valence-electron chi connectivity index (χ4n) is 2.51. The van der Waals surface area contributed by atoms with Crippen LogP contribution >= 0.6 is 0 Å². The number of nitrogens with zero attached hydrogens (tertiary/aromatic N) is 4. The summed E-state index contributed by atoms with van der Waals surface area (Å²) in [6.45, 7) is 5.70. The molecule has 1 aliphatic heterocycles. The van der Waals surface area contributed by atoms with Gasteiger partial charge in [0, 0.05) is 25.7 Å². The predicted molar refractivity (Wildman–Crippen MR) is 68.7 cm³/mol. The minimum Gasteiger partial charge on any atom is -0.350 e. The highest BCUT2D eigenvalue weighted by molar-refractivity contribution is 5.61. The molecule has 100 valence electrons. The van der Waals surface area contributed by atoms with Crippen LogP contribution in [0.3, 0.4) is 0 Å². The molecule has 1 fully saturated rings. The molecular weight excluding hydrogens is 234 g/mol. The van der Waals surface area contributed by atoms with E-state index in [1.807, 2.05) is 11.8 Å². The molecule has 2 heterocycles. The van der Waals surface area contributed by atoms with E-state index in [1.54, 1.807) is 11.6 Å². The van der Waals surface area contributed by atoms with E-state index >= 15 is 0 Å². The average molecular weight is 253 g/mol. The van der Waals surface area contributed by atoms with Gasteiger partial charge in [0.15, 0.2) is 0 Å². The van der Waals surface area contributed by atoms with Crippen molar-refractivity contribution in [3.63, 3.8) is 0 Å². The van der Waals surface area contributed by atoms with Crippen LogP contribution in [0.1, 0.15) is 25.5 Å². The summed E-state index contributed by atoms with van der Waals surface area (Å²) in [5, 5.41) is 15.4. The van der Waals surface area contributed by atoms with E-state index in [0.29, 0.717) is 24.6 Å². The maximum atomic E-state index is 11.2. The molecule has 1 saturated heterocycles. The van der Waals surface area contributed by atoms with Gasteiger partial charge < -0.3 is 10.6 Å². The van der Waals surface area contributed by atoms with Crippen molar-refractivity contribution in [1.82, 2.24) is 9.78 Å². The third kappa shape index (κ3) is 2.17. The summed E-state index contributed by atoms with van der Waals surface area (Å²) in [5.74, 6) is 0.607. The SMILES string of the molecule is CCn1nc(C)c([N+](=O)[O-])c1N1CCCC(N)C1. The van der Waals surface area contributed by atoms with E-state index in [-0.39, 0.29) is 16.7 Å². The first-order valence-electron chi connectivity index (χ1n) is 6.27. The van der Waals surface area contributed by atoms with Crippen molar-refractivity contribution >= 4 is 11.5 Å². The summed E-state index contributed by atoms with van der Waals surface area (Å²) in [4.78, 5) is 12.8. The van der Waals surface area contributed by atoms with Crippen molar-refractivity contribution in [3.05, 3.63) is 15.8 Å². The monoisotopic (exact) mass is 253 g/mol. The van der Waals surface area contributed by atoms with Gasteiger partial charge in [-0.15, -0.1) is 0 Å². The molecule has 0 amide bonds. The lowest BCUT2D eigenvalue weighted by Gasteiger charge is -2.31. The second kappa shape index (κ2) is 4.93. The summed E-state index contributed by atoms with van der Waals surface area (Å²) < 4.78 is 1.70. The molecule has 1 unspecified atom stereocenters. The van der Waals surface area contributed by atoms with Gasteiger partial charge in [0.2, 0.25) is 5.82 Å². The van der Waals surface area contributed by atoms with E-state index in [9.17, 15) is 10.1 Å². The lowest BCUT2D eigenvalue weighted by Crippen LogP contribution is -2.43. The van der Waals surface area contributed by atoms with Gasteiger partial charge in [-0.25, -0.2) is 4.68 Å². The number of piperidine rings is 1. The number of anilines is 1. The Balaban J connectivity index is 2.43.